The van der Waals surface area contributed by atoms with Gasteiger partial charge in [0.15, 0.2) is 0 Å². The fourth-order valence-corrected chi connectivity index (χ4v) is 8.47. The molecule has 6 rings (SSSR count). The second-order valence-corrected chi connectivity index (χ2v) is 13.9. The highest BCUT2D eigenvalue weighted by Gasteiger charge is 2.36. The molecule has 4 heteroatoms. The average molecular weight is 603 g/mol. The predicted octanol–water partition coefficient (Wildman–Crippen LogP) is 7.98. The largest absolute Gasteiger partial charge is 0.326 e. The maximum atomic E-state index is 6.12. The molecule has 0 fully saturated rings. The van der Waals surface area contributed by atoms with E-state index >= 15 is 0 Å². The van der Waals surface area contributed by atoms with E-state index in [0.717, 1.165) is 24.0 Å². The van der Waals surface area contributed by atoms with Crippen LogP contribution in [-0.4, -0.2) is 26.9 Å². The molecule has 0 aliphatic heterocycles. The van der Waals surface area contributed by atoms with Gasteiger partial charge in [-0.15, -0.1) is 0 Å². The molecule has 0 atom stereocenters. The Morgan fingerprint density at radius 1 is 0.622 bits per heavy atom. The SMILES string of the molecule is CCCc1ccc(C([SiH2]c2ccccc2)(c2ccc(CCC)cc2)n2ccnc2)cc1.[B]C(c1ccccc1)c1ccccc1. The summed E-state index contributed by atoms with van der Waals surface area (Å²) in [5, 5.41) is 1.24. The number of hydrogen-bond donors (Lipinski definition) is 0. The number of benzene rings is 5. The highest BCUT2D eigenvalue weighted by atomic mass is 28.2. The van der Waals surface area contributed by atoms with Gasteiger partial charge in [-0.25, -0.2) is 4.98 Å². The van der Waals surface area contributed by atoms with Crippen molar-refractivity contribution in [2.45, 2.75) is 50.5 Å². The van der Waals surface area contributed by atoms with Crippen molar-refractivity contribution in [1.29, 1.82) is 0 Å². The first-order valence-electron chi connectivity index (χ1n) is 16.2. The summed E-state index contributed by atoms with van der Waals surface area (Å²) >= 11 is 0. The average Bonchev–Trinajstić information content (AvgIpc) is 3.65. The minimum Gasteiger partial charge on any atom is -0.326 e. The Morgan fingerprint density at radius 3 is 1.47 bits per heavy atom. The normalized spacial score (nSPS) is 11.4. The summed E-state index contributed by atoms with van der Waals surface area (Å²) in [6.07, 6.45) is 10.6. The van der Waals surface area contributed by atoms with Crippen LogP contribution in [0.15, 0.2) is 158 Å². The molecule has 0 unspecified atom stereocenters. The molecule has 1 heterocycles. The topological polar surface area (TPSA) is 17.8 Å². The smallest absolute Gasteiger partial charge is 0.0965 e. The molecule has 0 aliphatic carbocycles. The van der Waals surface area contributed by atoms with Crippen molar-refractivity contribution < 1.29 is 0 Å². The Labute approximate surface area is 273 Å². The maximum absolute atomic E-state index is 6.12. The van der Waals surface area contributed by atoms with Crippen molar-refractivity contribution in [3.63, 3.8) is 0 Å². The zero-order valence-electron chi connectivity index (χ0n) is 26.6. The highest BCUT2D eigenvalue weighted by molar-refractivity contribution is 6.57. The molecule has 0 saturated carbocycles. The Balaban J connectivity index is 0.000000238. The van der Waals surface area contributed by atoms with Crippen LogP contribution in [0.5, 0.6) is 0 Å². The minimum atomic E-state index is -0.794. The van der Waals surface area contributed by atoms with E-state index in [1.807, 2.05) is 48.9 Å². The molecular weight excluding hydrogens is 559 g/mol. The first-order chi connectivity index (χ1) is 22.1. The van der Waals surface area contributed by atoms with E-state index in [1.165, 1.54) is 40.3 Å². The number of aromatic nitrogens is 2. The molecule has 0 aliphatic rings. The Kier molecular flexibility index (Phi) is 11.4. The number of aryl methyl sites for hydroxylation is 2. The molecule has 0 spiro atoms. The second-order valence-electron chi connectivity index (χ2n) is 11.7. The zero-order chi connectivity index (χ0) is 31.3. The number of rotatable bonds is 11. The van der Waals surface area contributed by atoms with Gasteiger partial charge in [0.25, 0.3) is 0 Å². The fourth-order valence-electron chi connectivity index (χ4n) is 6.12. The van der Waals surface area contributed by atoms with Gasteiger partial charge in [-0.2, -0.15) is 0 Å². The van der Waals surface area contributed by atoms with Crippen LogP contribution in [0, 0.1) is 0 Å². The van der Waals surface area contributed by atoms with Gasteiger partial charge in [-0.3, -0.25) is 0 Å². The van der Waals surface area contributed by atoms with Crippen LogP contribution in [0.3, 0.4) is 0 Å². The molecule has 2 nitrogen and oxygen atoms in total. The fraction of sp³-hybridized carbons (Fsp3) is 0.195. The predicted molar refractivity (Wildman–Crippen MR) is 194 cm³/mol. The summed E-state index contributed by atoms with van der Waals surface area (Å²) in [7, 11) is 5.32. The Morgan fingerprint density at radius 2 is 1.07 bits per heavy atom. The third-order valence-corrected chi connectivity index (χ3v) is 11.1. The lowest BCUT2D eigenvalue weighted by molar-refractivity contribution is 0.596. The van der Waals surface area contributed by atoms with Crippen LogP contribution in [-0.2, 0) is 18.0 Å². The molecule has 0 N–H and O–H groups in total. The Hall–Kier alpha value is -4.41. The van der Waals surface area contributed by atoms with Crippen LogP contribution in [0.2, 0.25) is 0 Å². The molecule has 0 saturated heterocycles. The number of imidazole rings is 1. The summed E-state index contributed by atoms with van der Waals surface area (Å²) in [5.41, 5.74) is 7.82. The summed E-state index contributed by atoms with van der Waals surface area (Å²) < 4.78 is 2.34. The molecule has 2 radical (unpaired) electrons. The summed E-state index contributed by atoms with van der Waals surface area (Å²) in [4.78, 5) is 4.46. The lowest BCUT2D eigenvalue weighted by Crippen LogP contribution is -2.46. The van der Waals surface area contributed by atoms with E-state index < -0.39 is 9.52 Å². The maximum Gasteiger partial charge on any atom is 0.0965 e. The van der Waals surface area contributed by atoms with Gasteiger partial charge < -0.3 is 4.57 Å². The lowest BCUT2D eigenvalue weighted by Gasteiger charge is -2.37. The third kappa shape index (κ3) is 8.01. The molecule has 5 aromatic carbocycles. The van der Waals surface area contributed by atoms with Crippen LogP contribution in [0.25, 0.3) is 0 Å². The van der Waals surface area contributed by atoms with E-state index in [-0.39, 0.29) is 11.0 Å². The third-order valence-electron chi connectivity index (χ3n) is 8.51. The van der Waals surface area contributed by atoms with E-state index in [0.29, 0.717) is 0 Å². The molecule has 224 valence electrons. The summed E-state index contributed by atoms with van der Waals surface area (Å²) in [6.45, 7) is 4.48. The molecule has 1 aromatic heterocycles. The standard InChI is InChI=1S/C28H32N2Si.C13H11B/c1-3-8-23-12-16-25(17-13-23)28(30-21-20-29-22-30,31-27-10-6-5-7-11-27)26-18-14-24(9-4-2)15-19-26;14-13(11-7-3-1-4-8-11)12-9-5-2-6-10-12/h5-7,10-22H,3-4,8-9,31H2,1-2H3;1-10,13H. The van der Waals surface area contributed by atoms with Gasteiger partial charge in [0.1, 0.15) is 0 Å². The van der Waals surface area contributed by atoms with Gasteiger partial charge in [-0.05, 0) is 52.0 Å². The van der Waals surface area contributed by atoms with Crippen LogP contribution >= 0.6 is 0 Å². The van der Waals surface area contributed by atoms with Crippen LogP contribution in [0.1, 0.15) is 65.9 Å². The minimum absolute atomic E-state index is 0.0163. The first kappa shape index (κ1) is 32.0. The lowest BCUT2D eigenvalue weighted by atomic mass is 9.76. The van der Waals surface area contributed by atoms with Gasteiger partial charge in [-0.1, -0.05) is 171 Å². The van der Waals surface area contributed by atoms with E-state index in [4.69, 9.17) is 7.85 Å². The summed E-state index contributed by atoms with van der Waals surface area (Å²) in [5.74, 6) is -0.0163. The van der Waals surface area contributed by atoms with Crippen molar-refractivity contribution in [2.75, 3.05) is 0 Å². The van der Waals surface area contributed by atoms with Crippen LogP contribution in [0.4, 0.5) is 0 Å². The van der Waals surface area contributed by atoms with Gasteiger partial charge >= 0.3 is 0 Å². The second kappa shape index (κ2) is 16.1. The Bertz CT molecular complexity index is 1580. The molecule has 45 heavy (non-hydrogen) atoms. The monoisotopic (exact) mass is 602 g/mol. The number of hydrogen-bond acceptors (Lipinski definition) is 1. The van der Waals surface area contributed by atoms with Crippen molar-refractivity contribution in [2.24, 2.45) is 0 Å². The quantitative estimate of drug-likeness (QED) is 0.138. The summed E-state index contributed by atoms with van der Waals surface area (Å²) in [6, 6.07) is 49.9. The van der Waals surface area contributed by atoms with E-state index in [2.05, 4.69) is 133 Å². The molecule has 0 amide bonds. The van der Waals surface area contributed by atoms with E-state index in [9.17, 15) is 0 Å². The highest BCUT2D eigenvalue weighted by Crippen LogP contribution is 2.34. The molecule has 0 bridgehead atoms. The van der Waals surface area contributed by atoms with E-state index in [1.54, 1.807) is 0 Å². The number of nitrogens with zero attached hydrogens (tertiary/aromatic N) is 2. The van der Waals surface area contributed by atoms with Gasteiger partial charge in [0.05, 0.1) is 28.9 Å². The van der Waals surface area contributed by atoms with Gasteiger partial charge in [0.2, 0.25) is 0 Å². The zero-order valence-corrected chi connectivity index (χ0v) is 28.0. The van der Waals surface area contributed by atoms with Gasteiger partial charge in [0, 0.05) is 12.4 Å². The first-order valence-corrected chi connectivity index (χ1v) is 17.6. The van der Waals surface area contributed by atoms with Crippen molar-refractivity contribution >= 4 is 22.6 Å². The van der Waals surface area contributed by atoms with Crippen molar-refractivity contribution in [3.8, 4) is 0 Å². The van der Waals surface area contributed by atoms with Crippen molar-refractivity contribution in [1.82, 2.24) is 9.55 Å². The molecule has 6 aromatic rings. The van der Waals surface area contributed by atoms with Crippen molar-refractivity contribution in [3.05, 3.63) is 192 Å². The molecular formula is C41H43BN2Si. The van der Waals surface area contributed by atoms with Crippen LogP contribution < -0.4 is 5.19 Å².